The van der Waals surface area contributed by atoms with Gasteiger partial charge < -0.3 is 4.90 Å². The van der Waals surface area contributed by atoms with Crippen molar-refractivity contribution in [3.05, 3.63) is 45.4 Å². The number of rotatable bonds is 1. The molecular formula is C15H16N2OS. The maximum atomic E-state index is 12.8. The van der Waals surface area contributed by atoms with Crippen LogP contribution in [-0.4, -0.2) is 16.9 Å². The molecule has 1 aromatic carbocycles. The topological polar surface area (TPSA) is 33.2 Å². The van der Waals surface area contributed by atoms with Gasteiger partial charge in [-0.2, -0.15) is 0 Å². The van der Waals surface area contributed by atoms with Gasteiger partial charge in [0, 0.05) is 11.7 Å². The van der Waals surface area contributed by atoms with Crippen LogP contribution in [-0.2, 0) is 6.42 Å². The van der Waals surface area contributed by atoms with Crippen molar-refractivity contribution in [2.75, 3.05) is 4.90 Å². The molecule has 2 heterocycles. The molecule has 1 atom stereocenters. The summed E-state index contributed by atoms with van der Waals surface area (Å²) in [6, 6.07) is 8.36. The van der Waals surface area contributed by atoms with Crippen LogP contribution >= 0.6 is 11.3 Å². The van der Waals surface area contributed by atoms with Crippen LogP contribution in [0.5, 0.6) is 0 Å². The molecule has 0 saturated carbocycles. The van der Waals surface area contributed by atoms with Gasteiger partial charge in [-0.15, -0.1) is 11.3 Å². The highest BCUT2D eigenvalue weighted by Crippen LogP contribution is 2.34. The average Bonchev–Trinajstić information content (AvgIpc) is 2.87. The van der Waals surface area contributed by atoms with Crippen LogP contribution in [0.2, 0.25) is 0 Å². The van der Waals surface area contributed by atoms with E-state index < -0.39 is 0 Å². The van der Waals surface area contributed by atoms with Gasteiger partial charge >= 0.3 is 0 Å². The summed E-state index contributed by atoms with van der Waals surface area (Å²) in [6.07, 6.45) is 0.929. The zero-order chi connectivity index (χ0) is 13.6. The van der Waals surface area contributed by atoms with Gasteiger partial charge in [0.15, 0.2) is 0 Å². The zero-order valence-electron chi connectivity index (χ0n) is 11.3. The van der Waals surface area contributed by atoms with Crippen molar-refractivity contribution < 1.29 is 4.79 Å². The molecule has 19 heavy (non-hydrogen) atoms. The minimum atomic E-state index is 0.0838. The van der Waals surface area contributed by atoms with Crippen LogP contribution in [0.15, 0.2) is 24.3 Å². The van der Waals surface area contributed by atoms with Crippen molar-refractivity contribution in [3.8, 4) is 0 Å². The number of carbonyl (C=O) groups excluding carboxylic acids is 1. The number of anilines is 1. The van der Waals surface area contributed by atoms with Crippen molar-refractivity contribution >= 4 is 22.9 Å². The Morgan fingerprint density at radius 2 is 2.11 bits per heavy atom. The summed E-state index contributed by atoms with van der Waals surface area (Å²) in [5.74, 6) is 0.0838. The first kappa shape index (κ1) is 12.4. The SMILES string of the molecule is Cc1nc(C)c(C(=O)N2c3ccccc3C[C@H]2C)s1. The highest BCUT2D eigenvalue weighted by Gasteiger charge is 2.32. The van der Waals surface area contributed by atoms with Gasteiger partial charge in [0.25, 0.3) is 5.91 Å². The molecule has 1 aliphatic heterocycles. The number of carbonyl (C=O) groups is 1. The smallest absolute Gasteiger partial charge is 0.270 e. The molecule has 4 heteroatoms. The van der Waals surface area contributed by atoms with Crippen molar-refractivity contribution in [2.45, 2.75) is 33.2 Å². The highest BCUT2D eigenvalue weighted by atomic mass is 32.1. The summed E-state index contributed by atoms with van der Waals surface area (Å²) in [4.78, 5) is 19.8. The van der Waals surface area contributed by atoms with E-state index in [9.17, 15) is 4.79 Å². The number of para-hydroxylation sites is 1. The molecule has 0 spiro atoms. The number of aryl methyl sites for hydroxylation is 2. The molecule has 98 valence electrons. The van der Waals surface area contributed by atoms with Gasteiger partial charge in [0.05, 0.1) is 10.7 Å². The lowest BCUT2D eigenvalue weighted by Crippen LogP contribution is -2.35. The maximum Gasteiger partial charge on any atom is 0.270 e. The quantitative estimate of drug-likeness (QED) is 0.797. The standard InChI is InChI=1S/C15H16N2OS/c1-9-8-12-6-4-5-7-13(12)17(9)15(18)14-10(2)16-11(3)19-14/h4-7,9H,8H2,1-3H3/t9-/m1/s1. The molecule has 0 N–H and O–H groups in total. The number of aromatic nitrogens is 1. The van der Waals surface area contributed by atoms with Gasteiger partial charge in [-0.1, -0.05) is 18.2 Å². The van der Waals surface area contributed by atoms with Crippen molar-refractivity contribution in [3.63, 3.8) is 0 Å². The molecule has 1 aliphatic rings. The van der Waals surface area contributed by atoms with Gasteiger partial charge in [-0.05, 0) is 38.8 Å². The number of hydrogen-bond donors (Lipinski definition) is 0. The Hall–Kier alpha value is -1.68. The molecule has 0 saturated heterocycles. The van der Waals surface area contributed by atoms with Crippen LogP contribution in [0.1, 0.15) is 32.9 Å². The Kier molecular flexibility index (Phi) is 2.90. The van der Waals surface area contributed by atoms with Crippen molar-refractivity contribution in [1.29, 1.82) is 0 Å². The minimum absolute atomic E-state index is 0.0838. The van der Waals surface area contributed by atoms with Gasteiger partial charge in [0.2, 0.25) is 0 Å². The van der Waals surface area contributed by atoms with E-state index in [1.807, 2.05) is 36.9 Å². The van der Waals surface area contributed by atoms with E-state index in [0.717, 1.165) is 27.7 Å². The fraction of sp³-hybridized carbons (Fsp3) is 0.333. The number of benzene rings is 1. The molecular weight excluding hydrogens is 256 g/mol. The number of nitrogens with zero attached hydrogens (tertiary/aromatic N) is 2. The van der Waals surface area contributed by atoms with Crippen LogP contribution in [0.3, 0.4) is 0 Å². The Morgan fingerprint density at radius 1 is 1.37 bits per heavy atom. The molecule has 0 fully saturated rings. The van der Waals surface area contributed by atoms with Gasteiger partial charge in [-0.25, -0.2) is 4.98 Å². The van der Waals surface area contributed by atoms with Crippen molar-refractivity contribution in [1.82, 2.24) is 4.98 Å². The summed E-state index contributed by atoms with van der Waals surface area (Å²) in [6.45, 7) is 5.94. The van der Waals surface area contributed by atoms with E-state index in [2.05, 4.69) is 18.0 Å². The highest BCUT2D eigenvalue weighted by molar-refractivity contribution is 7.13. The molecule has 3 rings (SSSR count). The number of hydrogen-bond acceptors (Lipinski definition) is 3. The maximum absolute atomic E-state index is 12.8. The van der Waals surface area contributed by atoms with Crippen molar-refractivity contribution in [2.24, 2.45) is 0 Å². The van der Waals surface area contributed by atoms with E-state index in [0.29, 0.717) is 0 Å². The lowest BCUT2D eigenvalue weighted by molar-refractivity contribution is 0.0984. The summed E-state index contributed by atoms with van der Waals surface area (Å²) < 4.78 is 0. The first-order valence-electron chi connectivity index (χ1n) is 6.43. The zero-order valence-corrected chi connectivity index (χ0v) is 12.1. The Balaban J connectivity index is 2.03. The fourth-order valence-corrected chi connectivity index (χ4v) is 3.57. The first-order valence-corrected chi connectivity index (χ1v) is 7.25. The third kappa shape index (κ3) is 1.96. The third-order valence-electron chi connectivity index (χ3n) is 3.52. The molecule has 0 radical (unpaired) electrons. The normalized spacial score (nSPS) is 17.6. The van der Waals surface area contributed by atoms with Gasteiger partial charge in [0.1, 0.15) is 4.88 Å². The van der Waals surface area contributed by atoms with Crippen LogP contribution in [0.25, 0.3) is 0 Å². The molecule has 0 aliphatic carbocycles. The summed E-state index contributed by atoms with van der Waals surface area (Å²) in [5.41, 5.74) is 3.14. The molecule has 2 aromatic rings. The monoisotopic (exact) mass is 272 g/mol. The fourth-order valence-electron chi connectivity index (χ4n) is 2.71. The average molecular weight is 272 g/mol. The molecule has 0 unspecified atom stereocenters. The van der Waals surface area contributed by atoms with E-state index in [1.54, 1.807) is 0 Å². The van der Waals surface area contributed by atoms with Gasteiger partial charge in [-0.3, -0.25) is 4.79 Å². The van der Waals surface area contributed by atoms with E-state index >= 15 is 0 Å². The summed E-state index contributed by atoms with van der Waals surface area (Å²) in [5, 5.41) is 0.945. The lowest BCUT2D eigenvalue weighted by atomic mass is 10.1. The van der Waals surface area contributed by atoms with E-state index in [1.165, 1.54) is 16.9 Å². The Labute approximate surface area is 116 Å². The number of amides is 1. The third-order valence-corrected chi connectivity index (χ3v) is 4.58. The van der Waals surface area contributed by atoms with E-state index in [-0.39, 0.29) is 11.9 Å². The second-order valence-electron chi connectivity index (χ2n) is 5.00. The molecule has 1 aromatic heterocycles. The largest absolute Gasteiger partial charge is 0.304 e. The predicted molar refractivity (Wildman–Crippen MR) is 78.0 cm³/mol. The van der Waals surface area contributed by atoms with E-state index in [4.69, 9.17) is 0 Å². The Morgan fingerprint density at radius 3 is 2.79 bits per heavy atom. The van der Waals surface area contributed by atoms with Crippen LogP contribution in [0, 0.1) is 13.8 Å². The lowest BCUT2D eigenvalue weighted by Gasteiger charge is -2.22. The molecule has 0 bridgehead atoms. The first-order chi connectivity index (χ1) is 9.08. The predicted octanol–water partition coefficient (Wildman–Crippen LogP) is 3.35. The number of fused-ring (bicyclic) bond motifs is 1. The Bertz CT molecular complexity index is 647. The minimum Gasteiger partial charge on any atom is -0.304 e. The summed E-state index contributed by atoms with van der Waals surface area (Å²) in [7, 11) is 0. The summed E-state index contributed by atoms with van der Waals surface area (Å²) >= 11 is 1.48. The molecule has 3 nitrogen and oxygen atoms in total. The second-order valence-corrected chi connectivity index (χ2v) is 6.21. The van der Waals surface area contributed by atoms with Crippen LogP contribution in [0.4, 0.5) is 5.69 Å². The van der Waals surface area contributed by atoms with Crippen LogP contribution < -0.4 is 4.90 Å². The molecule has 1 amide bonds. The second kappa shape index (κ2) is 4.46. The number of thiazole rings is 1.